The molecule has 2 fully saturated rings. The van der Waals surface area contributed by atoms with Gasteiger partial charge in [-0.1, -0.05) is 20.8 Å². The summed E-state index contributed by atoms with van der Waals surface area (Å²) < 4.78 is 0. The summed E-state index contributed by atoms with van der Waals surface area (Å²) in [5, 5.41) is 3.57. The van der Waals surface area contributed by atoms with Crippen molar-refractivity contribution in [3.05, 3.63) is 0 Å². The third kappa shape index (κ3) is 5.16. The van der Waals surface area contributed by atoms with Crippen LogP contribution in [0.5, 0.6) is 0 Å². The molecule has 2 rings (SSSR count). The summed E-state index contributed by atoms with van der Waals surface area (Å²) >= 11 is 6.13. The van der Waals surface area contributed by atoms with Gasteiger partial charge in [0.15, 0.2) is 0 Å². The molecule has 0 unspecified atom stereocenters. The fourth-order valence-corrected chi connectivity index (χ4v) is 4.19. The summed E-state index contributed by atoms with van der Waals surface area (Å²) in [6.45, 7) is 7.84. The first-order valence-corrected chi connectivity index (χ1v) is 9.21. The molecular formula is C18H32ClNO. The van der Waals surface area contributed by atoms with Crippen LogP contribution < -0.4 is 5.32 Å². The average Bonchev–Trinajstić information content (AvgIpc) is 2.45. The zero-order valence-corrected chi connectivity index (χ0v) is 14.7. The van der Waals surface area contributed by atoms with Gasteiger partial charge in [-0.05, 0) is 68.6 Å². The van der Waals surface area contributed by atoms with E-state index in [1.54, 1.807) is 0 Å². The Morgan fingerprint density at radius 2 is 1.57 bits per heavy atom. The molecule has 0 aliphatic heterocycles. The van der Waals surface area contributed by atoms with E-state index >= 15 is 0 Å². The van der Waals surface area contributed by atoms with E-state index in [4.69, 9.17) is 11.6 Å². The minimum atomic E-state index is 0.257. The van der Waals surface area contributed by atoms with E-state index in [-0.39, 0.29) is 5.92 Å². The van der Waals surface area contributed by atoms with Crippen LogP contribution in [-0.4, -0.2) is 17.8 Å². The fraction of sp³-hybridized carbons (Fsp3) is 0.944. The molecule has 0 aromatic carbocycles. The maximum absolute atomic E-state index is 12.3. The number of amides is 1. The van der Waals surface area contributed by atoms with Gasteiger partial charge in [-0.2, -0.15) is 0 Å². The lowest BCUT2D eigenvalue weighted by Crippen LogP contribution is -2.38. The predicted molar refractivity (Wildman–Crippen MR) is 89.5 cm³/mol. The molecule has 1 N–H and O–H groups in total. The van der Waals surface area contributed by atoms with Gasteiger partial charge in [-0.3, -0.25) is 4.79 Å². The first-order chi connectivity index (χ1) is 9.86. The lowest BCUT2D eigenvalue weighted by Gasteiger charge is -2.36. The average molecular weight is 314 g/mol. The Morgan fingerprint density at radius 3 is 2.10 bits per heavy atom. The maximum atomic E-state index is 12.3. The SMILES string of the molecule is CC(C)(C)C1CCC(C(=O)NCC2CCC(Cl)CC2)CC1. The number of hydrogen-bond acceptors (Lipinski definition) is 1. The Hall–Kier alpha value is -0.240. The summed E-state index contributed by atoms with van der Waals surface area (Å²) in [6.07, 6.45) is 9.12. The maximum Gasteiger partial charge on any atom is 0.223 e. The Labute approximate surface area is 135 Å². The second-order valence-corrected chi connectivity index (χ2v) is 8.89. The van der Waals surface area contributed by atoms with E-state index in [0.717, 1.165) is 38.1 Å². The Balaban J connectivity index is 1.68. The summed E-state index contributed by atoms with van der Waals surface area (Å²) in [5.74, 6) is 1.98. The first-order valence-electron chi connectivity index (χ1n) is 8.78. The first kappa shape index (κ1) is 17.1. The van der Waals surface area contributed by atoms with Crippen LogP contribution in [0, 0.1) is 23.2 Å². The van der Waals surface area contributed by atoms with Gasteiger partial charge in [0.25, 0.3) is 0 Å². The molecule has 0 heterocycles. The van der Waals surface area contributed by atoms with Crippen LogP contribution in [0.3, 0.4) is 0 Å². The van der Waals surface area contributed by atoms with Crippen molar-refractivity contribution in [3.8, 4) is 0 Å². The Morgan fingerprint density at radius 1 is 1.00 bits per heavy atom. The van der Waals surface area contributed by atoms with Crippen LogP contribution >= 0.6 is 11.6 Å². The van der Waals surface area contributed by atoms with Gasteiger partial charge in [0.2, 0.25) is 5.91 Å². The molecule has 3 heteroatoms. The van der Waals surface area contributed by atoms with E-state index in [2.05, 4.69) is 26.1 Å². The number of carbonyl (C=O) groups is 1. The highest BCUT2D eigenvalue weighted by molar-refractivity contribution is 6.20. The number of rotatable bonds is 3. The van der Waals surface area contributed by atoms with Crippen LogP contribution in [-0.2, 0) is 4.79 Å². The molecule has 2 nitrogen and oxygen atoms in total. The number of nitrogens with one attached hydrogen (secondary N) is 1. The number of hydrogen-bond donors (Lipinski definition) is 1. The van der Waals surface area contributed by atoms with Crippen molar-refractivity contribution in [2.24, 2.45) is 23.2 Å². The number of halogens is 1. The third-order valence-electron chi connectivity index (χ3n) is 5.66. The normalized spacial score (nSPS) is 34.5. The lowest BCUT2D eigenvalue weighted by molar-refractivity contribution is -0.126. The molecule has 0 spiro atoms. The number of alkyl halides is 1. The largest absolute Gasteiger partial charge is 0.356 e. The van der Waals surface area contributed by atoms with Gasteiger partial charge in [0.1, 0.15) is 0 Å². The second-order valence-electron chi connectivity index (χ2n) is 8.28. The zero-order chi connectivity index (χ0) is 15.5. The molecule has 2 aliphatic rings. The minimum absolute atomic E-state index is 0.257. The standard InChI is InChI=1S/C18H32ClNO/c1-18(2,3)15-8-6-14(7-9-15)17(21)20-12-13-4-10-16(19)11-5-13/h13-16H,4-12H2,1-3H3,(H,20,21). The van der Waals surface area contributed by atoms with Crippen LogP contribution in [0.4, 0.5) is 0 Å². The Kier molecular flexibility index (Phi) is 5.99. The molecule has 0 atom stereocenters. The topological polar surface area (TPSA) is 29.1 Å². The molecule has 2 saturated carbocycles. The van der Waals surface area contributed by atoms with Crippen LogP contribution in [0.25, 0.3) is 0 Å². The van der Waals surface area contributed by atoms with E-state index in [0.29, 0.717) is 22.6 Å². The molecular weight excluding hydrogens is 282 g/mol. The summed E-state index contributed by atoms with van der Waals surface area (Å²) in [4.78, 5) is 12.3. The highest BCUT2D eigenvalue weighted by Gasteiger charge is 2.32. The molecule has 0 aromatic heterocycles. The monoisotopic (exact) mass is 313 g/mol. The smallest absolute Gasteiger partial charge is 0.223 e. The highest BCUT2D eigenvalue weighted by Crippen LogP contribution is 2.39. The van der Waals surface area contributed by atoms with Crippen LogP contribution in [0.1, 0.15) is 72.1 Å². The van der Waals surface area contributed by atoms with E-state index < -0.39 is 0 Å². The predicted octanol–water partition coefficient (Wildman–Crippen LogP) is 4.75. The van der Waals surface area contributed by atoms with Crippen molar-refractivity contribution in [2.75, 3.05) is 6.54 Å². The molecule has 1 amide bonds. The highest BCUT2D eigenvalue weighted by atomic mass is 35.5. The van der Waals surface area contributed by atoms with E-state index in [1.807, 2.05) is 0 Å². The van der Waals surface area contributed by atoms with Gasteiger partial charge in [-0.15, -0.1) is 11.6 Å². The summed E-state index contributed by atoms with van der Waals surface area (Å²) in [6, 6.07) is 0. The molecule has 0 bridgehead atoms. The molecule has 2 aliphatic carbocycles. The molecule has 0 saturated heterocycles. The van der Waals surface area contributed by atoms with E-state index in [9.17, 15) is 4.79 Å². The van der Waals surface area contributed by atoms with Gasteiger partial charge in [0, 0.05) is 17.8 Å². The van der Waals surface area contributed by atoms with Crippen molar-refractivity contribution >= 4 is 17.5 Å². The zero-order valence-electron chi connectivity index (χ0n) is 14.0. The van der Waals surface area contributed by atoms with Crippen molar-refractivity contribution in [1.82, 2.24) is 5.32 Å². The van der Waals surface area contributed by atoms with E-state index in [1.165, 1.54) is 25.7 Å². The van der Waals surface area contributed by atoms with Gasteiger partial charge >= 0.3 is 0 Å². The molecule has 122 valence electrons. The summed E-state index contributed by atoms with van der Waals surface area (Å²) in [7, 11) is 0. The lowest BCUT2D eigenvalue weighted by atomic mass is 9.69. The van der Waals surface area contributed by atoms with Gasteiger partial charge < -0.3 is 5.32 Å². The van der Waals surface area contributed by atoms with Crippen LogP contribution in [0.2, 0.25) is 0 Å². The third-order valence-corrected chi connectivity index (χ3v) is 6.10. The summed E-state index contributed by atoms with van der Waals surface area (Å²) in [5.41, 5.74) is 0.391. The van der Waals surface area contributed by atoms with Gasteiger partial charge in [-0.25, -0.2) is 0 Å². The molecule has 21 heavy (non-hydrogen) atoms. The molecule has 0 radical (unpaired) electrons. The molecule has 0 aromatic rings. The minimum Gasteiger partial charge on any atom is -0.356 e. The van der Waals surface area contributed by atoms with Gasteiger partial charge in [0.05, 0.1) is 0 Å². The van der Waals surface area contributed by atoms with Crippen molar-refractivity contribution in [3.63, 3.8) is 0 Å². The Bertz CT molecular complexity index is 334. The second kappa shape index (κ2) is 7.35. The van der Waals surface area contributed by atoms with Crippen molar-refractivity contribution < 1.29 is 4.79 Å². The van der Waals surface area contributed by atoms with Crippen molar-refractivity contribution in [1.29, 1.82) is 0 Å². The van der Waals surface area contributed by atoms with Crippen LogP contribution in [0.15, 0.2) is 0 Å². The van der Waals surface area contributed by atoms with Crippen molar-refractivity contribution in [2.45, 2.75) is 77.5 Å². The number of carbonyl (C=O) groups excluding carboxylic acids is 1. The fourth-order valence-electron chi connectivity index (χ4n) is 3.94. The quantitative estimate of drug-likeness (QED) is 0.748.